The Bertz CT molecular complexity index is 391. The van der Waals surface area contributed by atoms with Crippen molar-refractivity contribution < 1.29 is 19.3 Å². The van der Waals surface area contributed by atoms with Crippen LogP contribution in [0.5, 0.6) is 0 Å². The Balaban J connectivity index is 1.60. The molecule has 1 aliphatic rings. The van der Waals surface area contributed by atoms with Crippen molar-refractivity contribution >= 4 is 0 Å². The average molecular weight is 283 g/mol. The van der Waals surface area contributed by atoms with E-state index < -0.39 is 0 Å². The average Bonchev–Trinajstić information content (AvgIpc) is 2.86. The molecule has 0 aliphatic heterocycles. The van der Waals surface area contributed by atoms with Crippen LogP contribution < -0.4 is 0 Å². The van der Waals surface area contributed by atoms with Gasteiger partial charge in [-0.15, -0.1) is 0 Å². The summed E-state index contributed by atoms with van der Waals surface area (Å²) in [5.41, 5.74) is 2.38. The fourth-order valence-electron chi connectivity index (χ4n) is 2.49. The molecular formula is C15H25NO4. The first kappa shape index (κ1) is 15.5. The van der Waals surface area contributed by atoms with Gasteiger partial charge in [0.1, 0.15) is 0 Å². The lowest BCUT2D eigenvalue weighted by molar-refractivity contribution is 0.0230. The molecule has 1 aromatic heterocycles. The molecule has 2 rings (SSSR count). The smallest absolute Gasteiger partial charge is 0.0807 e. The molecule has 0 fully saturated rings. The van der Waals surface area contributed by atoms with Gasteiger partial charge in [0.25, 0.3) is 0 Å². The molecule has 0 aromatic carbocycles. The number of hydrogen-bond acceptors (Lipinski definition) is 4. The summed E-state index contributed by atoms with van der Waals surface area (Å²) in [6.07, 6.45) is 6.94. The number of aliphatic hydroxyl groups is 1. The van der Waals surface area contributed by atoms with Gasteiger partial charge < -0.3 is 23.9 Å². The number of aliphatic hydroxyl groups excluding tert-OH is 1. The second kappa shape index (κ2) is 8.42. The molecule has 114 valence electrons. The minimum Gasteiger partial charge on any atom is -0.388 e. The molecule has 1 aromatic rings. The van der Waals surface area contributed by atoms with Crippen LogP contribution in [0.3, 0.4) is 0 Å². The highest BCUT2D eigenvalue weighted by Gasteiger charge is 2.19. The van der Waals surface area contributed by atoms with E-state index in [0.29, 0.717) is 33.0 Å². The van der Waals surface area contributed by atoms with Crippen LogP contribution in [-0.2, 0) is 27.2 Å². The van der Waals surface area contributed by atoms with Crippen molar-refractivity contribution in [1.82, 2.24) is 4.57 Å². The number of aromatic nitrogens is 1. The standard InChI is InChI=1S/C15H25NO4/c1-18-7-8-20-10-9-19-6-5-16-11-13-3-2-4-15(17)14(13)12-16/h11-12,15,17H,2-10H2,1H3. The van der Waals surface area contributed by atoms with E-state index in [1.165, 1.54) is 5.56 Å². The Morgan fingerprint density at radius 3 is 2.65 bits per heavy atom. The number of hydrogen-bond donors (Lipinski definition) is 1. The van der Waals surface area contributed by atoms with Gasteiger partial charge in [-0.1, -0.05) is 0 Å². The van der Waals surface area contributed by atoms with Crippen LogP contribution in [0, 0.1) is 0 Å². The second-order valence-corrected chi connectivity index (χ2v) is 5.10. The molecule has 20 heavy (non-hydrogen) atoms. The molecule has 0 saturated heterocycles. The molecule has 0 bridgehead atoms. The van der Waals surface area contributed by atoms with E-state index >= 15 is 0 Å². The Morgan fingerprint density at radius 2 is 1.90 bits per heavy atom. The molecule has 1 heterocycles. The number of methoxy groups -OCH3 is 1. The van der Waals surface area contributed by atoms with E-state index in [4.69, 9.17) is 14.2 Å². The zero-order valence-corrected chi connectivity index (χ0v) is 12.2. The zero-order chi connectivity index (χ0) is 14.2. The van der Waals surface area contributed by atoms with Crippen LogP contribution in [0.1, 0.15) is 30.1 Å². The van der Waals surface area contributed by atoms with E-state index in [1.54, 1.807) is 7.11 Å². The van der Waals surface area contributed by atoms with Gasteiger partial charge in [0, 0.05) is 31.6 Å². The van der Waals surface area contributed by atoms with Crippen molar-refractivity contribution in [3.8, 4) is 0 Å². The summed E-state index contributed by atoms with van der Waals surface area (Å²) < 4.78 is 17.8. The first-order valence-corrected chi connectivity index (χ1v) is 7.32. The topological polar surface area (TPSA) is 52.9 Å². The maximum atomic E-state index is 9.92. The maximum Gasteiger partial charge on any atom is 0.0807 e. The Kier molecular flexibility index (Phi) is 6.53. The summed E-state index contributed by atoms with van der Waals surface area (Å²) in [7, 11) is 1.66. The third-order valence-electron chi connectivity index (χ3n) is 3.58. The summed E-state index contributed by atoms with van der Waals surface area (Å²) in [6.45, 7) is 3.92. The predicted molar refractivity (Wildman–Crippen MR) is 75.8 cm³/mol. The van der Waals surface area contributed by atoms with Crippen LogP contribution in [0.2, 0.25) is 0 Å². The quantitative estimate of drug-likeness (QED) is 0.698. The van der Waals surface area contributed by atoms with Crippen LogP contribution in [0.4, 0.5) is 0 Å². The van der Waals surface area contributed by atoms with Crippen molar-refractivity contribution in [3.05, 3.63) is 23.5 Å². The van der Waals surface area contributed by atoms with Gasteiger partial charge in [0.05, 0.1) is 39.1 Å². The Morgan fingerprint density at radius 1 is 1.15 bits per heavy atom. The van der Waals surface area contributed by atoms with E-state index in [0.717, 1.165) is 31.4 Å². The van der Waals surface area contributed by atoms with Crippen molar-refractivity contribution in [2.24, 2.45) is 0 Å². The van der Waals surface area contributed by atoms with E-state index in [9.17, 15) is 5.11 Å². The highest BCUT2D eigenvalue weighted by Crippen LogP contribution is 2.29. The van der Waals surface area contributed by atoms with Crippen LogP contribution in [0.25, 0.3) is 0 Å². The summed E-state index contributed by atoms with van der Waals surface area (Å²) in [5.74, 6) is 0. The second-order valence-electron chi connectivity index (χ2n) is 5.10. The zero-order valence-electron chi connectivity index (χ0n) is 12.2. The maximum absolute atomic E-state index is 9.92. The number of aryl methyl sites for hydroxylation is 1. The number of rotatable bonds is 9. The van der Waals surface area contributed by atoms with Crippen molar-refractivity contribution in [2.75, 3.05) is 40.1 Å². The molecule has 5 heteroatoms. The first-order chi connectivity index (χ1) is 9.81. The monoisotopic (exact) mass is 283 g/mol. The SMILES string of the molecule is COCCOCCOCCn1cc2c(c1)C(O)CCC2. The molecule has 5 nitrogen and oxygen atoms in total. The van der Waals surface area contributed by atoms with Gasteiger partial charge in [-0.2, -0.15) is 0 Å². The van der Waals surface area contributed by atoms with Crippen LogP contribution in [0.15, 0.2) is 12.4 Å². The van der Waals surface area contributed by atoms with Crippen molar-refractivity contribution in [1.29, 1.82) is 0 Å². The lowest BCUT2D eigenvalue weighted by Gasteiger charge is -2.16. The highest BCUT2D eigenvalue weighted by atomic mass is 16.5. The summed E-state index contributed by atoms with van der Waals surface area (Å²) in [5, 5.41) is 9.92. The molecule has 1 unspecified atom stereocenters. The highest BCUT2D eigenvalue weighted by molar-refractivity contribution is 5.28. The van der Waals surface area contributed by atoms with Crippen LogP contribution in [-0.4, -0.2) is 49.8 Å². The summed E-state index contributed by atoms with van der Waals surface area (Å²) in [4.78, 5) is 0. The number of nitrogens with zero attached hydrogens (tertiary/aromatic N) is 1. The molecule has 1 aliphatic carbocycles. The fraction of sp³-hybridized carbons (Fsp3) is 0.733. The Labute approximate surface area is 120 Å². The summed E-state index contributed by atoms with van der Waals surface area (Å²) in [6, 6.07) is 0. The lowest BCUT2D eigenvalue weighted by Crippen LogP contribution is -2.11. The molecule has 0 saturated carbocycles. The van der Waals surface area contributed by atoms with Gasteiger partial charge in [-0.3, -0.25) is 0 Å². The molecule has 0 amide bonds. The van der Waals surface area contributed by atoms with Gasteiger partial charge in [0.2, 0.25) is 0 Å². The molecule has 0 spiro atoms. The van der Waals surface area contributed by atoms with Gasteiger partial charge in [0.15, 0.2) is 0 Å². The van der Waals surface area contributed by atoms with Gasteiger partial charge in [-0.05, 0) is 24.8 Å². The largest absolute Gasteiger partial charge is 0.388 e. The normalized spacial score (nSPS) is 18.2. The molecule has 1 atom stereocenters. The fourth-order valence-corrected chi connectivity index (χ4v) is 2.49. The Hall–Kier alpha value is -0.880. The van der Waals surface area contributed by atoms with Crippen molar-refractivity contribution in [2.45, 2.75) is 31.9 Å². The molecule has 0 radical (unpaired) electrons. The number of ether oxygens (including phenoxy) is 3. The minimum atomic E-state index is -0.282. The van der Waals surface area contributed by atoms with Gasteiger partial charge >= 0.3 is 0 Å². The third-order valence-corrected chi connectivity index (χ3v) is 3.58. The predicted octanol–water partition coefficient (Wildman–Crippen LogP) is 1.54. The summed E-state index contributed by atoms with van der Waals surface area (Å²) >= 11 is 0. The van der Waals surface area contributed by atoms with E-state index in [1.807, 2.05) is 0 Å². The van der Waals surface area contributed by atoms with Crippen molar-refractivity contribution in [3.63, 3.8) is 0 Å². The van der Waals surface area contributed by atoms with Crippen LogP contribution >= 0.6 is 0 Å². The third kappa shape index (κ3) is 4.59. The first-order valence-electron chi connectivity index (χ1n) is 7.32. The lowest BCUT2D eigenvalue weighted by atomic mass is 9.93. The molecule has 1 N–H and O–H groups in total. The van der Waals surface area contributed by atoms with E-state index in [-0.39, 0.29) is 6.10 Å². The number of fused-ring (bicyclic) bond motifs is 1. The van der Waals surface area contributed by atoms with Gasteiger partial charge in [-0.25, -0.2) is 0 Å². The van der Waals surface area contributed by atoms with E-state index in [2.05, 4.69) is 17.0 Å². The molecular weight excluding hydrogens is 258 g/mol. The minimum absolute atomic E-state index is 0.282.